The van der Waals surface area contributed by atoms with Crippen LogP contribution >= 0.6 is 0 Å². The van der Waals surface area contributed by atoms with Gasteiger partial charge in [-0.2, -0.15) is 5.10 Å². The molecule has 0 amide bonds. The molecular weight excluding hydrogens is 250 g/mol. The molecule has 2 aromatic rings. The molecule has 0 atom stereocenters. The molecule has 0 saturated heterocycles. The first-order valence-electron chi connectivity index (χ1n) is 7.29. The molecule has 106 valence electrons. The van der Waals surface area contributed by atoms with Gasteiger partial charge in [0.25, 0.3) is 0 Å². The third-order valence-electron chi connectivity index (χ3n) is 4.10. The van der Waals surface area contributed by atoms with Gasteiger partial charge in [0.2, 0.25) is 0 Å². The molecule has 1 aliphatic rings. The molecule has 1 aliphatic carbocycles. The smallest absolute Gasteiger partial charge is 0.155 e. The highest BCUT2D eigenvalue weighted by molar-refractivity contribution is 5.35. The van der Waals surface area contributed by atoms with Gasteiger partial charge in [0.05, 0.1) is 7.11 Å². The summed E-state index contributed by atoms with van der Waals surface area (Å²) in [6.45, 7) is 0. The second-order valence-electron chi connectivity index (χ2n) is 5.48. The Morgan fingerprint density at radius 3 is 2.75 bits per heavy atom. The second kappa shape index (κ2) is 5.65. The van der Waals surface area contributed by atoms with Crippen molar-refractivity contribution in [1.82, 2.24) is 14.8 Å². The number of methoxy groups -OCH3 is 1. The normalized spacial score (nSPS) is 15.7. The van der Waals surface area contributed by atoms with E-state index in [0.717, 1.165) is 29.4 Å². The number of para-hydroxylation sites is 1. The van der Waals surface area contributed by atoms with E-state index in [4.69, 9.17) is 9.72 Å². The van der Waals surface area contributed by atoms with Crippen molar-refractivity contribution in [2.75, 3.05) is 7.11 Å². The monoisotopic (exact) mass is 271 g/mol. The molecule has 1 fully saturated rings. The van der Waals surface area contributed by atoms with Crippen LogP contribution < -0.4 is 4.74 Å². The van der Waals surface area contributed by atoms with Crippen molar-refractivity contribution in [3.8, 4) is 5.75 Å². The number of hydrogen-bond donors (Lipinski definition) is 0. The summed E-state index contributed by atoms with van der Waals surface area (Å²) in [7, 11) is 3.71. The van der Waals surface area contributed by atoms with Gasteiger partial charge in [-0.15, -0.1) is 0 Å². The average molecular weight is 271 g/mol. The zero-order chi connectivity index (χ0) is 13.9. The van der Waals surface area contributed by atoms with Crippen LogP contribution in [-0.4, -0.2) is 21.9 Å². The second-order valence-corrected chi connectivity index (χ2v) is 5.48. The van der Waals surface area contributed by atoms with E-state index < -0.39 is 0 Å². The standard InChI is InChI=1S/C16H21N3O/c1-19-16(12-7-3-4-8-12)17-15(18-19)11-13-9-5-6-10-14(13)20-2/h5-6,9-10,12H,3-4,7-8,11H2,1-2H3. The summed E-state index contributed by atoms with van der Waals surface area (Å²) in [5, 5.41) is 4.58. The third kappa shape index (κ3) is 2.55. The Bertz CT molecular complexity index is 585. The predicted octanol–water partition coefficient (Wildman–Crippen LogP) is 3.07. The summed E-state index contributed by atoms with van der Waals surface area (Å²) in [5.74, 6) is 3.53. The molecule has 0 radical (unpaired) electrons. The zero-order valence-corrected chi connectivity index (χ0v) is 12.2. The van der Waals surface area contributed by atoms with E-state index in [1.165, 1.54) is 25.7 Å². The molecule has 0 aliphatic heterocycles. The van der Waals surface area contributed by atoms with Crippen LogP contribution in [0.2, 0.25) is 0 Å². The Morgan fingerprint density at radius 1 is 1.25 bits per heavy atom. The highest BCUT2D eigenvalue weighted by Gasteiger charge is 2.22. The maximum atomic E-state index is 5.39. The van der Waals surface area contributed by atoms with E-state index >= 15 is 0 Å². The van der Waals surface area contributed by atoms with E-state index in [1.807, 2.05) is 29.9 Å². The third-order valence-corrected chi connectivity index (χ3v) is 4.10. The van der Waals surface area contributed by atoms with Crippen LogP contribution in [0.25, 0.3) is 0 Å². The molecule has 0 bridgehead atoms. The molecule has 0 unspecified atom stereocenters. The lowest BCUT2D eigenvalue weighted by Crippen LogP contribution is -2.03. The first-order chi connectivity index (χ1) is 9.78. The van der Waals surface area contributed by atoms with Crippen molar-refractivity contribution in [1.29, 1.82) is 0 Å². The molecule has 1 aromatic heterocycles. The topological polar surface area (TPSA) is 39.9 Å². The van der Waals surface area contributed by atoms with Gasteiger partial charge in [-0.05, 0) is 18.9 Å². The van der Waals surface area contributed by atoms with Gasteiger partial charge < -0.3 is 4.74 Å². The van der Waals surface area contributed by atoms with E-state index in [-0.39, 0.29) is 0 Å². The molecule has 4 nitrogen and oxygen atoms in total. The SMILES string of the molecule is COc1ccccc1Cc1nc(C2CCCC2)n(C)n1. The first kappa shape index (κ1) is 13.2. The number of nitrogens with zero attached hydrogens (tertiary/aromatic N) is 3. The summed E-state index contributed by atoms with van der Waals surface area (Å²) in [6, 6.07) is 8.07. The van der Waals surface area contributed by atoms with E-state index in [2.05, 4.69) is 11.2 Å². The Labute approximate surface area is 119 Å². The van der Waals surface area contributed by atoms with Gasteiger partial charge in [0.15, 0.2) is 5.82 Å². The average Bonchev–Trinajstić information content (AvgIpc) is 3.09. The summed E-state index contributed by atoms with van der Waals surface area (Å²) in [4.78, 5) is 4.76. The molecule has 1 heterocycles. The van der Waals surface area contributed by atoms with Crippen LogP contribution in [0.1, 0.15) is 48.8 Å². The van der Waals surface area contributed by atoms with Gasteiger partial charge >= 0.3 is 0 Å². The predicted molar refractivity (Wildman–Crippen MR) is 78.0 cm³/mol. The zero-order valence-electron chi connectivity index (χ0n) is 12.2. The van der Waals surface area contributed by atoms with Gasteiger partial charge in [0, 0.05) is 24.9 Å². The van der Waals surface area contributed by atoms with E-state index in [0.29, 0.717) is 5.92 Å². The molecule has 1 aromatic carbocycles. The van der Waals surface area contributed by atoms with Crippen molar-refractivity contribution < 1.29 is 4.74 Å². The van der Waals surface area contributed by atoms with E-state index in [9.17, 15) is 0 Å². The minimum atomic E-state index is 0.596. The van der Waals surface area contributed by atoms with Crippen LogP contribution in [0.3, 0.4) is 0 Å². The lowest BCUT2D eigenvalue weighted by Gasteiger charge is -2.06. The Morgan fingerprint density at radius 2 is 2.00 bits per heavy atom. The minimum Gasteiger partial charge on any atom is -0.496 e. The molecule has 0 N–H and O–H groups in total. The van der Waals surface area contributed by atoms with Crippen LogP contribution in [0.5, 0.6) is 5.75 Å². The molecule has 1 saturated carbocycles. The fourth-order valence-electron chi connectivity index (χ4n) is 3.09. The lowest BCUT2D eigenvalue weighted by molar-refractivity contribution is 0.410. The Hall–Kier alpha value is -1.84. The van der Waals surface area contributed by atoms with Crippen molar-refractivity contribution in [2.24, 2.45) is 7.05 Å². The lowest BCUT2D eigenvalue weighted by atomic mass is 10.1. The van der Waals surface area contributed by atoms with Crippen LogP contribution in [0, 0.1) is 0 Å². The summed E-state index contributed by atoms with van der Waals surface area (Å²) in [5.41, 5.74) is 1.14. The van der Waals surface area contributed by atoms with Gasteiger partial charge in [0.1, 0.15) is 11.6 Å². The largest absolute Gasteiger partial charge is 0.496 e. The van der Waals surface area contributed by atoms with Crippen molar-refractivity contribution in [2.45, 2.75) is 38.0 Å². The molecule has 20 heavy (non-hydrogen) atoms. The maximum absolute atomic E-state index is 5.39. The highest BCUT2D eigenvalue weighted by Crippen LogP contribution is 2.33. The van der Waals surface area contributed by atoms with Crippen molar-refractivity contribution in [3.05, 3.63) is 41.5 Å². The molecule has 3 rings (SSSR count). The van der Waals surface area contributed by atoms with Crippen LogP contribution in [0.15, 0.2) is 24.3 Å². The fraction of sp³-hybridized carbons (Fsp3) is 0.500. The number of aryl methyl sites for hydroxylation is 1. The number of rotatable bonds is 4. The van der Waals surface area contributed by atoms with Gasteiger partial charge in [-0.25, -0.2) is 4.98 Å². The van der Waals surface area contributed by atoms with Crippen LogP contribution in [-0.2, 0) is 13.5 Å². The van der Waals surface area contributed by atoms with Gasteiger partial charge in [-0.3, -0.25) is 4.68 Å². The molecule has 0 spiro atoms. The Kier molecular flexibility index (Phi) is 3.72. The Balaban J connectivity index is 1.82. The minimum absolute atomic E-state index is 0.596. The number of hydrogen-bond acceptors (Lipinski definition) is 3. The number of ether oxygens (including phenoxy) is 1. The van der Waals surface area contributed by atoms with Crippen LogP contribution in [0.4, 0.5) is 0 Å². The van der Waals surface area contributed by atoms with Crippen molar-refractivity contribution in [3.63, 3.8) is 0 Å². The van der Waals surface area contributed by atoms with E-state index in [1.54, 1.807) is 7.11 Å². The van der Waals surface area contributed by atoms with Gasteiger partial charge in [-0.1, -0.05) is 31.0 Å². The molecular formula is C16H21N3O. The number of aromatic nitrogens is 3. The van der Waals surface area contributed by atoms with Crippen molar-refractivity contribution >= 4 is 0 Å². The maximum Gasteiger partial charge on any atom is 0.155 e. The summed E-state index contributed by atoms with van der Waals surface area (Å²) < 4.78 is 7.35. The quantitative estimate of drug-likeness (QED) is 0.858. The summed E-state index contributed by atoms with van der Waals surface area (Å²) >= 11 is 0. The number of benzene rings is 1. The summed E-state index contributed by atoms with van der Waals surface area (Å²) in [6.07, 6.45) is 5.87. The highest BCUT2D eigenvalue weighted by atomic mass is 16.5. The first-order valence-corrected chi connectivity index (χ1v) is 7.29. The fourth-order valence-corrected chi connectivity index (χ4v) is 3.09. The molecule has 4 heteroatoms.